The molecule has 0 spiro atoms. The third kappa shape index (κ3) is 3.13. The highest BCUT2D eigenvalue weighted by atomic mass is 16.5. The summed E-state index contributed by atoms with van der Waals surface area (Å²) in [7, 11) is 4.14. The van der Waals surface area contributed by atoms with Gasteiger partial charge in [-0.1, -0.05) is 0 Å². The number of esters is 1. The van der Waals surface area contributed by atoms with E-state index in [0.717, 1.165) is 4.90 Å². The van der Waals surface area contributed by atoms with Crippen LogP contribution in [-0.2, 0) is 9.53 Å². The number of amides is 1. The van der Waals surface area contributed by atoms with E-state index in [1.165, 1.54) is 39.5 Å². The minimum atomic E-state index is -0.534. The first-order valence-electron chi connectivity index (χ1n) is 5.19. The fourth-order valence-corrected chi connectivity index (χ4v) is 1.35. The van der Waals surface area contributed by atoms with Crippen molar-refractivity contribution in [3.8, 4) is 11.5 Å². The van der Waals surface area contributed by atoms with Crippen LogP contribution >= 0.6 is 0 Å². The molecule has 0 radical (unpaired) electrons. The number of rotatable bonds is 4. The summed E-state index contributed by atoms with van der Waals surface area (Å²) >= 11 is 0. The van der Waals surface area contributed by atoms with Gasteiger partial charge in [0.2, 0.25) is 0 Å². The molecule has 1 aromatic carbocycles. The molecule has 0 aliphatic heterocycles. The van der Waals surface area contributed by atoms with Crippen molar-refractivity contribution < 1.29 is 24.2 Å². The maximum atomic E-state index is 12.0. The maximum Gasteiger partial charge on any atom is 0.325 e. The average Bonchev–Trinajstić information content (AvgIpc) is 2.38. The zero-order valence-corrected chi connectivity index (χ0v) is 10.5. The number of hydrogen-bond acceptors (Lipinski definition) is 5. The second-order valence-electron chi connectivity index (χ2n) is 3.62. The number of aromatic hydroxyl groups is 1. The number of hydrogen-bond donors (Lipinski definition) is 1. The Balaban J connectivity index is 2.92. The predicted molar refractivity (Wildman–Crippen MR) is 63.6 cm³/mol. The Morgan fingerprint density at radius 1 is 1.33 bits per heavy atom. The van der Waals surface area contributed by atoms with Gasteiger partial charge in [-0.3, -0.25) is 9.59 Å². The Hall–Kier alpha value is -2.24. The molecule has 6 heteroatoms. The van der Waals surface area contributed by atoms with E-state index >= 15 is 0 Å². The molecular weight excluding hydrogens is 238 g/mol. The largest absolute Gasteiger partial charge is 0.507 e. The third-order valence-corrected chi connectivity index (χ3v) is 2.37. The molecule has 0 saturated carbocycles. The first-order chi connectivity index (χ1) is 8.49. The number of phenolic OH excluding ortho intramolecular Hbond substituents is 1. The van der Waals surface area contributed by atoms with Crippen molar-refractivity contribution in [2.24, 2.45) is 0 Å². The first-order valence-corrected chi connectivity index (χ1v) is 5.19. The smallest absolute Gasteiger partial charge is 0.325 e. The van der Waals surface area contributed by atoms with E-state index in [-0.39, 0.29) is 17.9 Å². The Morgan fingerprint density at radius 2 is 2.00 bits per heavy atom. The van der Waals surface area contributed by atoms with Crippen molar-refractivity contribution in [3.63, 3.8) is 0 Å². The van der Waals surface area contributed by atoms with Gasteiger partial charge in [0.15, 0.2) is 0 Å². The van der Waals surface area contributed by atoms with Gasteiger partial charge in [-0.05, 0) is 18.2 Å². The topological polar surface area (TPSA) is 76.1 Å². The third-order valence-electron chi connectivity index (χ3n) is 2.37. The van der Waals surface area contributed by atoms with Crippen LogP contribution in [-0.4, -0.2) is 49.7 Å². The number of carbonyl (C=O) groups excluding carboxylic acids is 2. The molecule has 0 unspecified atom stereocenters. The molecule has 1 aromatic rings. The van der Waals surface area contributed by atoms with Gasteiger partial charge in [-0.2, -0.15) is 0 Å². The van der Waals surface area contributed by atoms with Crippen LogP contribution in [0.4, 0.5) is 0 Å². The number of methoxy groups -OCH3 is 2. The molecule has 18 heavy (non-hydrogen) atoms. The molecule has 98 valence electrons. The van der Waals surface area contributed by atoms with E-state index in [4.69, 9.17) is 4.74 Å². The summed E-state index contributed by atoms with van der Waals surface area (Å²) in [6.07, 6.45) is 0. The lowest BCUT2D eigenvalue weighted by Crippen LogP contribution is -2.32. The molecular formula is C12H15NO5. The summed E-state index contributed by atoms with van der Waals surface area (Å²) in [5.41, 5.74) is 0.0701. The molecule has 0 bridgehead atoms. The number of carbonyl (C=O) groups is 2. The summed E-state index contributed by atoms with van der Waals surface area (Å²) < 4.78 is 9.43. The Bertz CT molecular complexity index is 458. The van der Waals surface area contributed by atoms with Gasteiger partial charge >= 0.3 is 5.97 Å². The summed E-state index contributed by atoms with van der Waals surface area (Å²) in [5, 5.41) is 9.62. The Labute approximate surface area is 105 Å². The van der Waals surface area contributed by atoms with Crippen LogP contribution in [0.15, 0.2) is 18.2 Å². The second-order valence-corrected chi connectivity index (χ2v) is 3.62. The molecule has 0 heterocycles. The van der Waals surface area contributed by atoms with Crippen molar-refractivity contribution in [1.82, 2.24) is 4.90 Å². The van der Waals surface area contributed by atoms with Crippen LogP contribution < -0.4 is 4.74 Å². The van der Waals surface area contributed by atoms with Crippen LogP contribution in [0.1, 0.15) is 10.4 Å². The lowest BCUT2D eigenvalue weighted by Gasteiger charge is -2.16. The van der Waals surface area contributed by atoms with Gasteiger partial charge < -0.3 is 19.5 Å². The number of phenols is 1. The van der Waals surface area contributed by atoms with Crippen LogP contribution in [0.3, 0.4) is 0 Å². The molecule has 0 aliphatic carbocycles. The van der Waals surface area contributed by atoms with Crippen molar-refractivity contribution in [2.75, 3.05) is 27.8 Å². The highest BCUT2D eigenvalue weighted by Crippen LogP contribution is 2.23. The molecule has 1 rings (SSSR count). The SMILES string of the molecule is COC(=O)CN(C)C(=O)c1cc(OC)ccc1O. The van der Waals surface area contributed by atoms with Gasteiger partial charge in [0, 0.05) is 7.05 Å². The fraction of sp³-hybridized carbons (Fsp3) is 0.333. The van der Waals surface area contributed by atoms with E-state index in [1.54, 1.807) is 0 Å². The number of likely N-dealkylation sites (N-methyl/N-ethyl adjacent to an activating group) is 1. The predicted octanol–water partition coefficient (Wildman–Crippen LogP) is 0.646. The molecule has 1 amide bonds. The van der Waals surface area contributed by atoms with E-state index in [0.29, 0.717) is 5.75 Å². The van der Waals surface area contributed by atoms with Gasteiger partial charge in [-0.15, -0.1) is 0 Å². The number of nitrogens with zero attached hydrogens (tertiary/aromatic N) is 1. The van der Waals surface area contributed by atoms with Crippen molar-refractivity contribution in [3.05, 3.63) is 23.8 Å². The van der Waals surface area contributed by atoms with Crippen LogP contribution in [0.5, 0.6) is 11.5 Å². The Kier molecular flexibility index (Phi) is 4.53. The van der Waals surface area contributed by atoms with Gasteiger partial charge in [0.25, 0.3) is 5.91 Å². The molecule has 0 fully saturated rings. The highest BCUT2D eigenvalue weighted by Gasteiger charge is 2.19. The van der Waals surface area contributed by atoms with Gasteiger partial charge in [0.05, 0.1) is 19.8 Å². The molecule has 0 aliphatic rings. The fourth-order valence-electron chi connectivity index (χ4n) is 1.35. The highest BCUT2D eigenvalue weighted by molar-refractivity contribution is 5.98. The molecule has 0 atom stereocenters. The van der Waals surface area contributed by atoms with E-state index in [2.05, 4.69) is 4.74 Å². The van der Waals surface area contributed by atoms with Crippen molar-refractivity contribution in [2.45, 2.75) is 0 Å². The van der Waals surface area contributed by atoms with Gasteiger partial charge in [-0.25, -0.2) is 0 Å². The zero-order valence-electron chi connectivity index (χ0n) is 10.5. The Morgan fingerprint density at radius 3 is 2.56 bits per heavy atom. The van der Waals surface area contributed by atoms with Gasteiger partial charge in [0.1, 0.15) is 18.0 Å². The lowest BCUT2D eigenvalue weighted by atomic mass is 10.1. The van der Waals surface area contributed by atoms with Crippen molar-refractivity contribution >= 4 is 11.9 Å². The second kappa shape index (κ2) is 5.90. The summed E-state index contributed by atoms with van der Waals surface area (Å²) in [5.74, 6) is -0.745. The van der Waals surface area contributed by atoms with Crippen LogP contribution in [0.25, 0.3) is 0 Å². The van der Waals surface area contributed by atoms with Crippen LogP contribution in [0.2, 0.25) is 0 Å². The summed E-state index contributed by atoms with van der Waals surface area (Å²) in [6, 6.07) is 4.30. The molecule has 6 nitrogen and oxygen atoms in total. The molecule has 1 N–H and O–H groups in total. The minimum absolute atomic E-state index is 0.0701. The summed E-state index contributed by atoms with van der Waals surface area (Å²) in [6.45, 7) is -0.189. The number of ether oxygens (including phenoxy) is 2. The van der Waals surface area contributed by atoms with Crippen LogP contribution in [0, 0.1) is 0 Å². The zero-order chi connectivity index (χ0) is 13.7. The minimum Gasteiger partial charge on any atom is -0.507 e. The standard InChI is InChI=1S/C12H15NO5/c1-13(7-11(15)18-3)12(16)9-6-8(17-2)4-5-10(9)14/h4-6,14H,7H2,1-3H3. The average molecular weight is 253 g/mol. The summed E-state index contributed by atoms with van der Waals surface area (Å²) in [4.78, 5) is 24.2. The molecule has 0 aromatic heterocycles. The van der Waals surface area contributed by atoms with E-state index in [9.17, 15) is 14.7 Å². The van der Waals surface area contributed by atoms with E-state index in [1.807, 2.05) is 0 Å². The quantitative estimate of drug-likeness (QED) is 0.797. The van der Waals surface area contributed by atoms with E-state index < -0.39 is 11.9 Å². The monoisotopic (exact) mass is 253 g/mol. The molecule has 0 saturated heterocycles. The lowest BCUT2D eigenvalue weighted by molar-refractivity contribution is -0.141. The maximum absolute atomic E-state index is 12.0. The first kappa shape index (κ1) is 13.8. The van der Waals surface area contributed by atoms with Crippen molar-refractivity contribution in [1.29, 1.82) is 0 Å². The number of benzene rings is 1. The normalized spacial score (nSPS) is 9.72.